The molecule has 0 saturated heterocycles. The van der Waals surface area contributed by atoms with Gasteiger partial charge in [0, 0.05) is 11.5 Å². The first-order chi connectivity index (χ1) is 5.12. The summed E-state index contributed by atoms with van der Waals surface area (Å²) in [4.78, 5) is 0. The van der Waals surface area contributed by atoms with Crippen molar-refractivity contribution in [3.8, 4) is 0 Å². The van der Waals surface area contributed by atoms with Crippen LogP contribution in [-0.2, 0) is 20.2 Å². The molecule has 0 rings (SSSR count). The van der Waals surface area contributed by atoms with Crippen molar-refractivity contribution in [3.63, 3.8) is 0 Å². The molecule has 14 heavy (non-hydrogen) atoms. The topological polar surface area (TPSA) is 114 Å². The van der Waals surface area contributed by atoms with Gasteiger partial charge in [0.05, 0.1) is 20.2 Å². The van der Waals surface area contributed by atoms with Gasteiger partial charge in [0.25, 0.3) is 0 Å². The van der Waals surface area contributed by atoms with Gasteiger partial charge in [-0.05, 0) is 0 Å². The summed E-state index contributed by atoms with van der Waals surface area (Å²) in [5.74, 6) is -0.625. The predicted molar refractivity (Wildman–Crippen MR) is 40.5 cm³/mol. The van der Waals surface area contributed by atoms with Crippen molar-refractivity contribution < 1.29 is 129 Å². The van der Waals surface area contributed by atoms with E-state index < -0.39 is 20.2 Å². The van der Waals surface area contributed by atoms with Crippen LogP contribution in [0.2, 0.25) is 0 Å². The minimum Gasteiger partial charge on any atom is -0.748 e. The second-order valence-electron chi connectivity index (χ2n) is 1.69. The normalized spacial score (nSPS) is 10.0. The average Bonchev–Trinajstić information content (AvgIpc) is 1.86. The van der Waals surface area contributed by atoms with Crippen LogP contribution < -0.4 is 103 Å². The molecule has 0 aliphatic rings. The van der Waals surface area contributed by atoms with Gasteiger partial charge in [0.15, 0.2) is 0 Å². The van der Waals surface area contributed by atoms with Gasteiger partial charge in [-0.25, -0.2) is 16.8 Å². The summed E-state index contributed by atoms with van der Waals surface area (Å²) >= 11 is 0. The molecule has 0 aromatic carbocycles. The fraction of sp³-hybridized carbons (Fsp3) is 1.00. The molecule has 0 heterocycles. The summed E-state index contributed by atoms with van der Waals surface area (Å²) < 4.78 is 56.7. The van der Waals surface area contributed by atoms with Gasteiger partial charge in [-0.15, -0.1) is 0 Å². The predicted octanol–water partition coefficient (Wildman–Crippen LogP) is -6.89. The van der Waals surface area contributed by atoms with Gasteiger partial charge in [0.2, 0.25) is 0 Å². The van der Waals surface area contributed by atoms with Gasteiger partial charge < -0.3 is 9.11 Å². The molecule has 0 radical (unpaired) electrons. The van der Waals surface area contributed by atoms with Gasteiger partial charge in [0.1, 0.15) is 0 Å². The first-order valence-corrected chi connectivity index (χ1v) is 6.15. The largest absolute Gasteiger partial charge is 1.00 e. The van der Waals surface area contributed by atoms with Crippen LogP contribution in [0.3, 0.4) is 0 Å². The summed E-state index contributed by atoms with van der Waals surface area (Å²) in [6.45, 7) is 2.62. The summed E-state index contributed by atoms with van der Waals surface area (Å²) in [5.41, 5.74) is 0. The number of hydrogen-bond donors (Lipinski definition) is 0. The van der Waals surface area contributed by atoms with Crippen LogP contribution in [0, 0.1) is 0 Å². The van der Waals surface area contributed by atoms with Crippen LogP contribution in [0.25, 0.3) is 0 Å². The van der Waals surface area contributed by atoms with Gasteiger partial charge in [-0.3, -0.25) is 0 Å². The maximum absolute atomic E-state index is 9.44. The van der Waals surface area contributed by atoms with Gasteiger partial charge in [-0.1, -0.05) is 13.8 Å². The third kappa shape index (κ3) is 36.3. The molecule has 0 aliphatic heterocycles. The minimum atomic E-state index is -3.91. The van der Waals surface area contributed by atoms with E-state index in [9.17, 15) is 25.9 Å². The Morgan fingerprint density at radius 3 is 0.857 bits per heavy atom. The first kappa shape index (κ1) is 25.8. The Morgan fingerprint density at radius 2 is 0.857 bits per heavy atom. The Balaban J connectivity index is -0.0000000625. The Bertz CT molecular complexity index is 262. The summed E-state index contributed by atoms with van der Waals surface area (Å²) in [6, 6.07) is 0. The van der Waals surface area contributed by atoms with E-state index in [2.05, 4.69) is 0 Å². The molecule has 0 aliphatic carbocycles. The van der Waals surface area contributed by atoms with Crippen LogP contribution in [0.4, 0.5) is 0 Å². The van der Waals surface area contributed by atoms with E-state index in [0.29, 0.717) is 0 Å². The maximum Gasteiger partial charge on any atom is 1.00 e. The zero-order valence-corrected chi connectivity index (χ0v) is 16.6. The molecule has 6 nitrogen and oxygen atoms in total. The molecule has 0 bridgehead atoms. The van der Waals surface area contributed by atoms with Crippen molar-refractivity contribution in [3.05, 3.63) is 0 Å². The Labute approximate surface area is 170 Å². The zero-order chi connectivity index (χ0) is 10.4. The fourth-order valence-electron chi connectivity index (χ4n) is 0. The van der Waals surface area contributed by atoms with Crippen LogP contribution in [0.5, 0.6) is 0 Å². The Hall–Kier alpha value is 3.09. The molecule has 0 unspecified atom stereocenters. The molecule has 0 N–H and O–H groups in total. The Kier molecular flexibility index (Phi) is 23.1. The van der Waals surface area contributed by atoms with E-state index >= 15 is 0 Å². The van der Waals surface area contributed by atoms with E-state index in [0.717, 1.165) is 0 Å². The van der Waals surface area contributed by atoms with Crippen molar-refractivity contribution >= 4 is 20.2 Å². The first-order valence-electron chi connectivity index (χ1n) is 2.99. The van der Waals surface area contributed by atoms with Crippen molar-refractivity contribution in [2.45, 2.75) is 13.8 Å². The number of rotatable bonds is 2. The maximum atomic E-state index is 9.44. The third-order valence-electron chi connectivity index (χ3n) is 0.707. The minimum absolute atomic E-state index is 0. The van der Waals surface area contributed by atoms with Crippen molar-refractivity contribution in [2.75, 3.05) is 11.5 Å². The molecule has 0 atom stereocenters. The van der Waals surface area contributed by atoms with Crippen molar-refractivity contribution in [2.24, 2.45) is 0 Å². The van der Waals surface area contributed by atoms with E-state index in [1.807, 2.05) is 0 Å². The van der Waals surface area contributed by atoms with E-state index in [4.69, 9.17) is 0 Å². The molecular weight excluding hydrogens is 286 g/mol. The quantitative estimate of drug-likeness (QED) is 0.369. The van der Waals surface area contributed by atoms with Gasteiger partial charge >= 0.3 is 103 Å². The van der Waals surface area contributed by atoms with Crippen molar-refractivity contribution in [1.82, 2.24) is 0 Å². The molecule has 10 heteroatoms. The number of hydrogen-bond acceptors (Lipinski definition) is 6. The third-order valence-corrected chi connectivity index (χ3v) is 2.12. The van der Waals surface area contributed by atoms with Gasteiger partial charge in [-0.2, -0.15) is 0 Å². The summed E-state index contributed by atoms with van der Waals surface area (Å²) in [6.07, 6.45) is 0. The van der Waals surface area contributed by atoms with Crippen LogP contribution in [0.1, 0.15) is 13.8 Å². The second-order valence-corrected chi connectivity index (χ2v) is 5.08. The molecule has 0 aromatic heterocycles. The molecule has 0 amide bonds. The monoisotopic (exact) mass is 296 g/mol. The summed E-state index contributed by atoms with van der Waals surface area (Å²) in [7, 11) is -7.82. The SMILES string of the molecule is CCS(=O)(=O)[O-].CCS(=O)(=O)[O-].[K+].[K+]. The molecule has 0 spiro atoms. The fourth-order valence-corrected chi connectivity index (χ4v) is 0. The Morgan fingerprint density at radius 1 is 0.786 bits per heavy atom. The van der Waals surface area contributed by atoms with Crippen LogP contribution >= 0.6 is 0 Å². The second kappa shape index (κ2) is 12.5. The molecule has 0 fully saturated rings. The van der Waals surface area contributed by atoms with Crippen LogP contribution in [-0.4, -0.2) is 37.4 Å². The molecule has 76 valence electrons. The molecule has 0 saturated carbocycles. The smallest absolute Gasteiger partial charge is 0.748 e. The molecular formula is C4H10K2O6S2. The summed E-state index contributed by atoms with van der Waals surface area (Å²) in [5, 5.41) is 0. The molecule has 0 aromatic rings. The average molecular weight is 296 g/mol. The standard InChI is InChI=1S/2C2H6O3S.2K/c2*1-2-6(3,4)5;;/h2*2H2,1H3,(H,3,4,5);;/q;;2*+1/p-2. The van der Waals surface area contributed by atoms with Crippen LogP contribution in [0.15, 0.2) is 0 Å². The van der Waals surface area contributed by atoms with E-state index in [1.165, 1.54) is 13.8 Å². The van der Waals surface area contributed by atoms with Crippen molar-refractivity contribution in [1.29, 1.82) is 0 Å². The van der Waals surface area contributed by atoms with E-state index in [1.54, 1.807) is 0 Å². The van der Waals surface area contributed by atoms with E-state index in [-0.39, 0.29) is 114 Å². The zero-order valence-electron chi connectivity index (χ0n) is 8.68.